The van der Waals surface area contributed by atoms with Gasteiger partial charge in [0.2, 0.25) is 0 Å². The van der Waals surface area contributed by atoms with Crippen molar-refractivity contribution in [3.05, 3.63) is 16.6 Å². The van der Waals surface area contributed by atoms with Gasteiger partial charge in [0.1, 0.15) is 5.01 Å². The Bertz CT molecular complexity index is 344. The van der Waals surface area contributed by atoms with Crippen molar-refractivity contribution >= 4 is 11.3 Å². The monoisotopic (exact) mass is 251 g/mol. The summed E-state index contributed by atoms with van der Waals surface area (Å²) in [5.41, 5.74) is 0.424. The molecule has 0 amide bonds. The Hall–Kier alpha value is -0.450. The third kappa shape index (κ3) is 2.69. The summed E-state index contributed by atoms with van der Waals surface area (Å²) in [5, 5.41) is 7.15. The number of rotatable bonds is 2. The van der Waals surface area contributed by atoms with Crippen molar-refractivity contribution in [1.82, 2.24) is 15.2 Å². The van der Waals surface area contributed by atoms with Crippen molar-refractivity contribution in [3.8, 4) is 0 Å². The predicted octanol–water partition coefficient (Wildman–Crippen LogP) is 2.25. The van der Waals surface area contributed by atoms with Gasteiger partial charge in [-0.15, -0.1) is 11.3 Å². The summed E-state index contributed by atoms with van der Waals surface area (Å²) in [6.45, 7) is 4.66. The molecule has 0 atom stereocenters. The molecule has 1 saturated carbocycles. The molecule has 2 aliphatic rings. The maximum atomic E-state index is 4.41. The van der Waals surface area contributed by atoms with Gasteiger partial charge in [0.25, 0.3) is 0 Å². The average molecular weight is 251 g/mol. The molecule has 0 bridgehead atoms. The maximum absolute atomic E-state index is 4.41. The molecule has 94 valence electrons. The van der Waals surface area contributed by atoms with Crippen LogP contribution < -0.4 is 5.32 Å². The van der Waals surface area contributed by atoms with E-state index in [1.807, 2.05) is 6.20 Å². The molecule has 0 radical (unpaired) electrons. The van der Waals surface area contributed by atoms with Gasteiger partial charge in [-0.25, -0.2) is 4.98 Å². The Kier molecular flexibility index (Phi) is 3.45. The molecule has 2 heterocycles. The van der Waals surface area contributed by atoms with Crippen LogP contribution in [0.4, 0.5) is 0 Å². The first-order valence-electron chi connectivity index (χ1n) is 6.72. The molecule has 1 aromatic rings. The van der Waals surface area contributed by atoms with Crippen LogP contribution in [-0.2, 0) is 6.54 Å². The highest BCUT2D eigenvalue weighted by Gasteiger charge is 2.36. The van der Waals surface area contributed by atoms with Crippen LogP contribution in [0.1, 0.15) is 37.1 Å². The molecular weight excluding hydrogens is 230 g/mol. The second kappa shape index (κ2) is 5.04. The number of nitrogens with zero attached hydrogens (tertiary/aromatic N) is 2. The van der Waals surface area contributed by atoms with Gasteiger partial charge < -0.3 is 5.32 Å². The Balaban J connectivity index is 1.67. The molecule has 1 aromatic heterocycles. The van der Waals surface area contributed by atoms with Crippen molar-refractivity contribution in [2.24, 2.45) is 0 Å². The van der Waals surface area contributed by atoms with Crippen molar-refractivity contribution in [2.75, 3.05) is 19.6 Å². The molecule has 0 aromatic carbocycles. The molecule has 3 rings (SSSR count). The number of hydrogen-bond acceptors (Lipinski definition) is 4. The van der Waals surface area contributed by atoms with Crippen LogP contribution >= 0.6 is 11.3 Å². The molecule has 4 heteroatoms. The van der Waals surface area contributed by atoms with Crippen LogP contribution in [0, 0.1) is 0 Å². The van der Waals surface area contributed by atoms with E-state index in [9.17, 15) is 0 Å². The molecule has 1 aliphatic carbocycles. The first-order chi connectivity index (χ1) is 8.36. The molecule has 3 nitrogen and oxygen atoms in total. The molecule has 2 fully saturated rings. The smallest absolute Gasteiger partial charge is 0.107 e. The third-order valence-electron chi connectivity index (χ3n) is 4.08. The van der Waals surface area contributed by atoms with E-state index in [1.54, 1.807) is 11.3 Å². The maximum Gasteiger partial charge on any atom is 0.107 e. The lowest BCUT2D eigenvalue weighted by molar-refractivity contribution is 0.203. The zero-order chi connectivity index (χ0) is 11.6. The van der Waals surface area contributed by atoms with E-state index in [0.717, 1.165) is 6.54 Å². The van der Waals surface area contributed by atoms with Crippen LogP contribution in [0.15, 0.2) is 11.6 Å². The van der Waals surface area contributed by atoms with Gasteiger partial charge in [-0.1, -0.05) is 12.8 Å². The Morgan fingerprint density at radius 3 is 3.00 bits per heavy atom. The van der Waals surface area contributed by atoms with Crippen molar-refractivity contribution < 1.29 is 0 Å². The third-order valence-corrected chi connectivity index (χ3v) is 4.84. The normalized spacial score (nSPS) is 25.2. The summed E-state index contributed by atoms with van der Waals surface area (Å²) in [6.07, 6.45) is 8.72. The van der Waals surface area contributed by atoms with Gasteiger partial charge in [0.15, 0.2) is 0 Å². The molecule has 1 spiro atoms. The van der Waals surface area contributed by atoms with Gasteiger partial charge in [-0.3, -0.25) is 4.90 Å². The zero-order valence-electron chi connectivity index (χ0n) is 10.3. The van der Waals surface area contributed by atoms with Crippen LogP contribution in [0.3, 0.4) is 0 Å². The fourth-order valence-electron chi connectivity index (χ4n) is 3.26. The van der Waals surface area contributed by atoms with Crippen LogP contribution in [0.5, 0.6) is 0 Å². The quantitative estimate of drug-likeness (QED) is 0.874. The summed E-state index contributed by atoms with van der Waals surface area (Å²) in [6, 6.07) is 0. The SMILES string of the molecule is c1csc(CN2CCCNC3(CCCC3)C2)n1. The minimum absolute atomic E-state index is 0.424. The largest absolute Gasteiger partial charge is 0.310 e. The van der Waals surface area contributed by atoms with Crippen molar-refractivity contribution in [3.63, 3.8) is 0 Å². The van der Waals surface area contributed by atoms with E-state index in [1.165, 1.54) is 56.7 Å². The van der Waals surface area contributed by atoms with Crippen LogP contribution in [-0.4, -0.2) is 35.1 Å². The highest BCUT2D eigenvalue weighted by molar-refractivity contribution is 7.09. The van der Waals surface area contributed by atoms with Gasteiger partial charge in [0, 0.05) is 23.7 Å². The van der Waals surface area contributed by atoms with E-state index in [4.69, 9.17) is 0 Å². The standard InChI is InChI=1S/C13H21N3S/c1-2-5-13(4-1)11-16(8-3-6-15-13)10-12-14-7-9-17-12/h7,9,15H,1-6,8,10-11H2. The van der Waals surface area contributed by atoms with Gasteiger partial charge in [0.05, 0.1) is 6.54 Å². The lowest BCUT2D eigenvalue weighted by Crippen LogP contribution is -2.49. The molecular formula is C13H21N3S. The van der Waals surface area contributed by atoms with Crippen molar-refractivity contribution in [1.29, 1.82) is 0 Å². The highest BCUT2D eigenvalue weighted by Crippen LogP contribution is 2.32. The average Bonchev–Trinajstić information content (AvgIpc) is 2.92. The van der Waals surface area contributed by atoms with Crippen LogP contribution in [0.25, 0.3) is 0 Å². The Labute approximate surface area is 107 Å². The summed E-state index contributed by atoms with van der Waals surface area (Å²) in [5.74, 6) is 0. The fraction of sp³-hybridized carbons (Fsp3) is 0.769. The van der Waals surface area contributed by atoms with Gasteiger partial charge >= 0.3 is 0 Å². The highest BCUT2D eigenvalue weighted by atomic mass is 32.1. The summed E-state index contributed by atoms with van der Waals surface area (Å²) in [7, 11) is 0. The minimum Gasteiger partial charge on any atom is -0.310 e. The molecule has 1 N–H and O–H groups in total. The number of hydrogen-bond donors (Lipinski definition) is 1. The topological polar surface area (TPSA) is 28.2 Å². The predicted molar refractivity (Wildman–Crippen MR) is 71.2 cm³/mol. The fourth-order valence-corrected chi connectivity index (χ4v) is 3.92. The van der Waals surface area contributed by atoms with E-state index in [2.05, 4.69) is 20.6 Å². The number of aromatic nitrogens is 1. The molecule has 0 unspecified atom stereocenters. The van der Waals surface area contributed by atoms with Crippen molar-refractivity contribution in [2.45, 2.75) is 44.2 Å². The second-order valence-corrected chi connectivity index (χ2v) is 6.38. The van der Waals surface area contributed by atoms with E-state index in [-0.39, 0.29) is 0 Å². The first-order valence-corrected chi connectivity index (χ1v) is 7.60. The number of nitrogens with one attached hydrogen (secondary N) is 1. The van der Waals surface area contributed by atoms with E-state index in [0.29, 0.717) is 5.54 Å². The second-order valence-electron chi connectivity index (χ2n) is 5.40. The summed E-state index contributed by atoms with van der Waals surface area (Å²) >= 11 is 1.78. The number of thiazole rings is 1. The zero-order valence-corrected chi connectivity index (χ0v) is 11.1. The lowest BCUT2D eigenvalue weighted by atomic mass is 9.97. The molecule has 1 saturated heterocycles. The Morgan fingerprint density at radius 2 is 2.24 bits per heavy atom. The summed E-state index contributed by atoms with van der Waals surface area (Å²) < 4.78 is 0. The Morgan fingerprint density at radius 1 is 1.35 bits per heavy atom. The van der Waals surface area contributed by atoms with Gasteiger partial charge in [-0.2, -0.15) is 0 Å². The van der Waals surface area contributed by atoms with E-state index >= 15 is 0 Å². The lowest BCUT2D eigenvalue weighted by Gasteiger charge is -2.33. The molecule has 1 aliphatic heterocycles. The van der Waals surface area contributed by atoms with E-state index < -0.39 is 0 Å². The molecule has 17 heavy (non-hydrogen) atoms. The van der Waals surface area contributed by atoms with Crippen LogP contribution in [0.2, 0.25) is 0 Å². The first kappa shape index (κ1) is 11.6. The summed E-state index contributed by atoms with van der Waals surface area (Å²) in [4.78, 5) is 7.01. The van der Waals surface area contributed by atoms with Gasteiger partial charge in [-0.05, 0) is 32.4 Å². The minimum atomic E-state index is 0.424.